The van der Waals surface area contributed by atoms with Gasteiger partial charge in [-0.2, -0.15) is 0 Å². The van der Waals surface area contributed by atoms with Crippen LogP contribution < -0.4 is 10.6 Å². The van der Waals surface area contributed by atoms with Gasteiger partial charge in [-0.05, 0) is 80.7 Å². The Kier molecular flexibility index (Phi) is 8.12. The highest BCUT2D eigenvalue weighted by atomic mass is 19.1. The summed E-state index contributed by atoms with van der Waals surface area (Å²) in [7, 11) is 0. The van der Waals surface area contributed by atoms with Gasteiger partial charge < -0.3 is 15.5 Å². The van der Waals surface area contributed by atoms with E-state index in [-0.39, 0.29) is 29.5 Å². The van der Waals surface area contributed by atoms with E-state index in [1.165, 1.54) is 36.4 Å². The van der Waals surface area contributed by atoms with E-state index in [2.05, 4.69) is 15.5 Å². The van der Waals surface area contributed by atoms with Crippen molar-refractivity contribution in [3.8, 4) is 0 Å². The molecule has 166 valence electrons. The lowest BCUT2D eigenvalue weighted by Gasteiger charge is -2.37. The maximum absolute atomic E-state index is 13.3. The van der Waals surface area contributed by atoms with Gasteiger partial charge in [0.2, 0.25) is 6.41 Å². The zero-order valence-corrected chi connectivity index (χ0v) is 17.7. The molecule has 2 amide bonds. The minimum Gasteiger partial charge on any atom is -0.358 e. The number of nitrogens with zero attached hydrogens (tertiary/aromatic N) is 1. The molecule has 2 atom stereocenters. The van der Waals surface area contributed by atoms with Crippen molar-refractivity contribution < 1.29 is 18.4 Å². The Morgan fingerprint density at radius 3 is 2.23 bits per heavy atom. The molecule has 1 saturated heterocycles. The number of halogens is 2. The van der Waals surface area contributed by atoms with Gasteiger partial charge in [-0.1, -0.05) is 12.1 Å². The van der Waals surface area contributed by atoms with Crippen molar-refractivity contribution in [3.63, 3.8) is 0 Å². The van der Waals surface area contributed by atoms with Gasteiger partial charge in [-0.15, -0.1) is 0 Å². The third-order valence-electron chi connectivity index (χ3n) is 5.94. The van der Waals surface area contributed by atoms with Crippen LogP contribution in [0.3, 0.4) is 0 Å². The van der Waals surface area contributed by atoms with Crippen LogP contribution in [0.1, 0.15) is 41.6 Å². The first kappa shape index (κ1) is 22.9. The summed E-state index contributed by atoms with van der Waals surface area (Å²) in [5.74, 6) is -0.312. The van der Waals surface area contributed by atoms with E-state index >= 15 is 0 Å². The summed E-state index contributed by atoms with van der Waals surface area (Å²) in [6, 6.07) is 12.0. The molecule has 0 bridgehead atoms. The third-order valence-corrected chi connectivity index (χ3v) is 5.94. The molecule has 0 saturated carbocycles. The Bertz CT molecular complexity index is 850. The standard InChI is InChI=1S/C24H29F2N3O2/c1-17(28-24(31)20-4-8-22(26)9-5-20)15-29-12-10-19(11-13-29)23(14-27-16-30)18-2-6-21(25)7-3-18/h2-9,16-17,19,23H,10-15H2,1H3,(H,27,30)(H,28,31)/t17-,23+/m0/s1. The SMILES string of the molecule is C[C@@H](CN1CCC([C@H](CNC=O)c2ccc(F)cc2)CC1)NC(=O)c1ccc(F)cc1. The fourth-order valence-corrected chi connectivity index (χ4v) is 4.32. The van der Waals surface area contributed by atoms with Gasteiger partial charge in [-0.25, -0.2) is 8.78 Å². The van der Waals surface area contributed by atoms with E-state index in [0.29, 0.717) is 24.4 Å². The summed E-state index contributed by atoms with van der Waals surface area (Å²) in [6.07, 6.45) is 2.62. The number of hydrogen-bond donors (Lipinski definition) is 2. The van der Waals surface area contributed by atoms with E-state index in [4.69, 9.17) is 0 Å². The first-order valence-corrected chi connectivity index (χ1v) is 10.7. The normalized spacial score (nSPS) is 17.0. The van der Waals surface area contributed by atoms with Crippen LogP contribution in [0.4, 0.5) is 8.78 Å². The second-order valence-corrected chi connectivity index (χ2v) is 8.20. The van der Waals surface area contributed by atoms with E-state index in [9.17, 15) is 18.4 Å². The lowest BCUT2D eigenvalue weighted by molar-refractivity contribution is -0.109. The van der Waals surface area contributed by atoms with Gasteiger partial charge in [0.1, 0.15) is 11.6 Å². The number of carbonyl (C=O) groups excluding carboxylic acids is 2. The molecule has 5 nitrogen and oxygen atoms in total. The van der Waals surface area contributed by atoms with Crippen molar-refractivity contribution in [1.82, 2.24) is 15.5 Å². The number of rotatable bonds is 9. The number of amides is 2. The molecule has 1 aliphatic heterocycles. The number of hydrogen-bond acceptors (Lipinski definition) is 3. The summed E-state index contributed by atoms with van der Waals surface area (Å²) in [5.41, 5.74) is 1.48. The average molecular weight is 430 g/mol. The summed E-state index contributed by atoms with van der Waals surface area (Å²) in [6.45, 7) is 5.00. The van der Waals surface area contributed by atoms with Gasteiger partial charge in [0.15, 0.2) is 0 Å². The van der Waals surface area contributed by atoms with Crippen molar-refractivity contribution >= 4 is 12.3 Å². The first-order valence-electron chi connectivity index (χ1n) is 10.7. The summed E-state index contributed by atoms with van der Waals surface area (Å²) in [4.78, 5) is 25.5. The molecule has 0 radical (unpaired) electrons. The molecule has 2 aromatic carbocycles. The van der Waals surface area contributed by atoms with Crippen LogP contribution in [-0.4, -0.2) is 49.4 Å². The van der Waals surface area contributed by atoms with Crippen molar-refractivity contribution in [2.45, 2.75) is 31.7 Å². The topological polar surface area (TPSA) is 61.4 Å². The van der Waals surface area contributed by atoms with Crippen molar-refractivity contribution in [2.75, 3.05) is 26.2 Å². The van der Waals surface area contributed by atoms with Crippen LogP contribution in [0.5, 0.6) is 0 Å². The fourth-order valence-electron chi connectivity index (χ4n) is 4.32. The molecule has 2 N–H and O–H groups in total. The maximum atomic E-state index is 13.3. The molecule has 2 aromatic rings. The van der Waals surface area contributed by atoms with Crippen LogP contribution in [-0.2, 0) is 4.79 Å². The summed E-state index contributed by atoms with van der Waals surface area (Å²) in [5, 5.41) is 5.75. The highest BCUT2D eigenvalue weighted by Gasteiger charge is 2.28. The van der Waals surface area contributed by atoms with Gasteiger partial charge in [-0.3, -0.25) is 9.59 Å². The summed E-state index contributed by atoms with van der Waals surface area (Å²) >= 11 is 0. The monoisotopic (exact) mass is 429 g/mol. The number of likely N-dealkylation sites (tertiary alicyclic amines) is 1. The van der Waals surface area contributed by atoms with E-state index in [0.717, 1.165) is 38.0 Å². The maximum Gasteiger partial charge on any atom is 0.251 e. The second-order valence-electron chi connectivity index (χ2n) is 8.20. The molecule has 0 unspecified atom stereocenters. The average Bonchev–Trinajstić information content (AvgIpc) is 2.76. The van der Waals surface area contributed by atoms with E-state index < -0.39 is 0 Å². The van der Waals surface area contributed by atoms with Gasteiger partial charge >= 0.3 is 0 Å². The lowest BCUT2D eigenvalue weighted by atomic mass is 9.80. The van der Waals surface area contributed by atoms with Crippen LogP contribution in [0.15, 0.2) is 48.5 Å². The number of piperidine rings is 1. The largest absolute Gasteiger partial charge is 0.358 e. The minimum atomic E-state index is -0.366. The van der Waals surface area contributed by atoms with Gasteiger partial charge in [0.05, 0.1) is 0 Å². The molecule has 0 spiro atoms. The number of nitrogens with one attached hydrogen (secondary N) is 2. The molecule has 1 aliphatic rings. The predicted octanol–water partition coefficient (Wildman–Crippen LogP) is 3.32. The zero-order chi connectivity index (χ0) is 22.2. The Balaban J connectivity index is 1.51. The third kappa shape index (κ3) is 6.59. The molecule has 3 rings (SSSR count). The van der Waals surface area contributed by atoms with Crippen LogP contribution >= 0.6 is 0 Å². The highest BCUT2D eigenvalue weighted by Crippen LogP contribution is 2.32. The quantitative estimate of drug-likeness (QED) is 0.601. The molecular weight excluding hydrogens is 400 g/mol. The van der Waals surface area contributed by atoms with Crippen LogP contribution in [0.25, 0.3) is 0 Å². The molecule has 0 aliphatic carbocycles. The highest BCUT2D eigenvalue weighted by molar-refractivity contribution is 5.94. The number of benzene rings is 2. The molecule has 7 heteroatoms. The first-order chi connectivity index (χ1) is 15.0. The Hall–Kier alpha value is -2.80. The Labute approximate surface area is 181 Å². The van der Waals surface area contributed by atoms with Crippen molar-refractivity contribution in [3.05, 3.63) is 71.3 Å². The molecule has 1 fully saturated rings. The predicted molar refractivity (Wildman–Crippen MR) is 116 cm³/mol. The van der Waals surface area contributed by atoms with Crippen molar-refractivity contribution in [2.24, 2.45) is 5.92 Å². The Morgan fingerprint density at radius 1 is 1.06 bits per heavy atom. The minimum absolute atomic E-state index is 0.0428. The van der Waals surface area contributed by atoms with Gasteiger partial charge in [0, 0.05) is 30.6 Å². The lowest BCUT2D eigenvalue weighted by Crippen LogP contribution is -2.45. The smallest absolute Gasteiger partial charge is 0.251 e. The molecule has 31 heavy (non-hydrogen) atoms. The number of carbonyl (C=O) groups is 2. The zero-order valence-electron chi connectivity index (χ0n) is 17.7. The fraction of sp³-hybridized carbons (Fsp3) is 0.417. The van der Waals surface area contributed by atoms with Crippen molar-refractivity contribution in [1.29, 1.82) is 0 Å². The molecule has 0 aromatic heterocycles. The second kappa shape index (κ2) is 11.0. The molecule has 1 heterocycles. The Morgan fingerprint density at radius 2 is 1.65 bits per heavy atom. The van der Waals surface area contributed by atoms with E-state index in [1.54, 1.807) is 12.1 Å². The summed E-state index contributed by atoms with van der Waals surface area (Å²) < 4.78 is 26.3. The van der Waals surface area contributed by atoms with Crippen LogP contribution in [0, 0.1) is 17.6 Å². The van der Waals surface area contributed by atoms with Crippen LogP contribution in [0.2, 0.25) is 0 Å². The van der Waals surface area contributed by atoms with Gasteiger partial charge in [0.25, 0.3) is 5.91 Å². The van der Waals surface area contributed by atoms with E-state index in [1.807, 2.05) is 6.92 Å². The molecular formula is C24H29F2N3O2.